The van der Waals surface area contributed by atoms with Crippen LogP contribution >= 0.6 is 22.6 Å². The maximum atomic E-state index is 12.5. The molecular weight excluding hydrogens is 380 g/mol. The largest absolute Gasteiger partial charge is 0.573 e. The molecule has 0 unspecified atom stereocenters. The van der Waals surface area contributed by atoms with Gasteiger partial charge in [0.15, 0.2) is 5.75 Å². The van der Waals surface area contributed by atoms with Crippen molar-refractivity contribution in [3.8, 4) is 5.75 Å². The lowest BCUT2D eigenvalue weighted by molar-refractivity contribution is -0.275. The SMILES string of the molecule is O=C(O)c1cc(OC(F)(F)F)c(C(F)F)nc1I. The summed E-state index contributed by atoms with van der Waals surface area (Å²) in [6, 6.07) is 0.367. The van der Waals surface area contributed by atoms with E-state index in [9.17, 15) is 26.7 Å². The van der Waals surface area contributed by atoms with Crippen molar-refractivity contribution in [2.24, 2.45) is 0 Å². The molecule has 0 saturated heterocycles. The molecule has 0 aliphatic heterocycles. The predicted octanol–water partition coefficient (Wildman–Crippen LogP) is 3.22. The molecule has 0 aliphatic carbocycles. The molecule has 0 bridgehead atoms. The van der Waals surface area contributed by atoms with Gasteiger partial charge in [0.1, 0.15) is 9.39 Å². The van der Waals surface area contributed by atoms with Crippen LogP contribution in [-0.4, -0.2) is 22.4 Å². The number of halogens is 6. The first-order chi connectivity index (χ1) is 8.11. The molecule has 100 valence electrons. The maximum absolute atomic E-state index is 12.5. The zero-order chi connectivity index (χ0) is 14.1. The fourth-order valence-corrected chi connectivity index (χ4v) is 1.64. The Labute approximate surface area is 110 Å². The second-order valence-electron chi connectivity index (χ2n) is 2.86. The van der Waals surface area contributed by atoms with Crippen LogP contribution in [0, 0.1) is 3.70 Å². The lowest BCUT2D eigenvalue weighted by atomic mass is 10.2. The zero-order valence-corrected chi connectivity index (χ0v) is 10.3. The second-order valence-corrected chi connectivity index (χ2v) is 3.89. The van der Waals surface area contributed by atoms with Crippen molar-refractivity contribution in [1.82, 2.24) is 4.98 Å². The van der Waals surface area contributed by atoms with E-state index >= 15 is 0 Å². The Kier molecular flexibility index (Phi) is 4.29. The smallest absolute Gasteiger partial charge is 0.478 e. The Morgan fingerprint density at radius 2 is 2.00 bits per heavy atom. The molecule has 1 aromatic heterocycles. The van der Waals surface area contributed by atoms with Gasteiger partial charge in [0.05, 0.1) is 5.56 Å². The highest BCUT2D eigenvalue weighted by atomic mass is 127. The van der Waals surface area contributed by atoms with Crippen LogP contribution in [0.15, 0.2) is 6.07 Å². The van der Waals surface area contributed by atoms with Crippen LogP contribution in [0.4, 0.5) is 22.0 Å². The first-order valence-electron chi connectivity index (χ1n) is 4.09. The molecule has 0 fully saturated rings. The van der Waals surface area contributed by atoms with E-state index in [4.69, 9.17) is 5.11 Å². The van der Waals surface area contributed by atoms with E-state index in [0.29, 0.717) is 6.07 Å². The van der Waals surface area contributed by atoms with Gasteiger partial charge in [0.25, 0.3) is 6.43 Å². The van der Waals surface area contributed by atoms with Gasteiger partial charge in [-0.25, -0.2) is 18.6 Å². The van der Waals surface area contributed by atoms with E-state index in [-0.39, 0.29) is 3.70 Å². The summed E-state index contributed by atoms with van der Waals surface area (Å²) in [5.74, 6) is -2.92. The van der Waals surface area contributed by atoms with Gasteiger partial charge < -0.3 is 9.84 Å². The Bertz CT molecular complexity index is 477. The minimum absolute atomic E-state index is 0.357. The third-order valence-corrected chi connectivity index (χ3v) is 2.45. The molecule has 0 saturated carbocycles. The lowest BCUT2D eigenvalue weighted by Gasteiger charge is -2.13. The Morgan fingerprint density at radius 1 is 1.44 bits per heavy atom. The van der Waals surface area contributed by atoms with Gasteiger partial charge in [-0.05, 0) is 28.7 Å². The van der Waals surface area contributed by atoms with Crippen LogP contribution in [0.25, 0.3) is 0 Å². The molecule has 0 atom stereocenters. The number of rotatable bonds is 3. The van der Waals surface area contributed by atoms with E-state index in [1.54, 1.807) is 0 Å². The van der Waals surface area contributed by atoms with E-state index in [1.807, 2.05) is 0 Å². The average Bonchev–Trinajstić information content (AvgIpc) is 2.17. The topological polar surface area (TPSA) is 59.4 Å². The number of carboxylic acid groups (broad SMARTS) is 1. The van der Waals surface area contributed by atoms with Gasteiger partial charge >= 0.3 is 12.3 Å². The molecule has 1 rings (SSSR count). The summed E-state index contributed by atoms with van der Waals surface area (Å²) in [5, 5.41) is 8.65. The number of aromatic nitrogens is 1. The molecule has 0 amide bonds. The molecule has 0 radical (unpaired) electrons. The minimum atomic E-state index is -5.21. The van der Waals surface area contributed by atoms with Crippen molar-refractivity contribution in [2.45, 2.75) is 12.8 Å². The number of ether oxygens (including phenoxy) is 1. The summed E-state index contributed by atoms with van der Waals surface area (Å²) in [4.78, 5) is 13.8. The normalized spacial score (nSPS) is 11.7. The predicted molar refractivity (Wildman–Crippen MR) is 55.6 cm³/mol. The number of hydrogen-bond acceptors (Lipinski definition) is 3. The molecule has 10 heteroatoms. The molecule has 18 heavy (non-hydrogen) atoms. The van der Waals surface area contributed by atoms with Crippen LogP contribution in [-0.2, 0) is 0 Å². The van der Waals surface area contributed by atoms with Crippen LogP contribution in [0.2, 0.25) is 0 Å². The molecule has 1 aromatic rings. The van der Waals surface area contributed by atoms with Crippen molar-refractivity contribution >= 4 is 28.6 Å². The molecule has 0 spiro atoms. The van der Waals surface area contributed by atoms with Crippen LogP contribution in [0.5, 0.6) is 5.75 Å². The quantitative estimate of drug-likeness (QED) is 0.495. The van der Waals surface area contributed by atoms with Crippen LogP contribution in [0.1, 0.15) is 22.5 Å². The highest BCUT2D eigenvalue weighted by Gasteiger charge is 2.34. The van der Waals surface area contributed by atoms with Crippen molar-refractivity contribution in [2.75, 3.05) is 0 Å². The standard InChI is InChI=1S/C8H3F5INO3/c9-5(10)4-3(18-8(11,12)13)1-2(7(16)17)6(14)15-4/h1,5H,(H,16,17). The third kappa shape index (κ3) is 3.65. The second kappa shape index (κ2) is 5.20. The summed E-state index contributed by atoms with van der Waals surface area (Å²) in [6.07, 6.45) is -8.54. The molecular formula is C8H3F5INO3. The van der Waals surface area contributed by atoms with Crippen molar-refractivity contribution in [1.29, 1.82) is 0 Å². The average molecular weight is 383 g/mol. The number of pyridine rings is 1. The summed E-state index contributed by atoms with van der Waals surface area (Å²) < 4.78 is 63.8. The number of aromatic carboxylic acids is 1. The maximum Gasteiger partial charge on any atom is 0.573 e. The number of carbonyl (C=O) groups is 1. The number of nitrogens with zero attached hydrogens (tertiary/aromatic N) is 1. The number of hydrogen-bond donors (Lipinski definition) is 1. The van der Waals surface area contributed by atoms with Crippen molar-refractivity contribution < 1.29 is 36.6 Å². The minimum Gasteiger partial charge on any atom is -0.478 e. The summed E-state index contributed by atoms with van der Waals surface area (Å²) in [5.41, 5.74) is -1.92. The first-order valence-corrected chi connectivity index (χ1v) is 5.17. The third-order valence-electron chi connectivity index (χ3n) is 1.63. The summed E-state index contributed by atoms with van der Waals surface area (Å²) in [6.45, 7) is 0. The first kappa shape index (κ1) is 14.9. The van der Waals surface area contributed by atoms with Gasteiger partial charge in [-0.3, -0.25) is 0 Å². The van der Waals surface area contributed by atoms with Gasteiger partial charge in [0.2, 0.25) is 0 Å². The van der Waals surface area contributed by atoms with E-state index in [1.165, 1.54) is 22.6 Å². The van der Waals surface area contributed by atoms with Gasteiger partial charge in [-0.2, -0.15) is 0 Å². The highest BCUT2D eigenvalue weighted by molar-refractivity contribution is 14.1. The van der Waals surface area contributed by atoms with Gasteiger partial charge in [0, 0.05) is 0 Å². The van der Waals surface area contributed by atoms with E-state index < -0.39 is 35.8 Å². The van der Waals surface area contributed by atoms with E-state index in [2.05, 4.69) is 9.72 Å². The van der Waals surface area contributed by atoms with Crippen LogP contribution < -0.4 is 4.74 Å². The molecule has 1 heterocycles. The fourth-order valence-electron chi connectivity index (χ4n) is 0.998. The highest BCUT2D eigenvalue weighted by Crippen LogP contribution is 2.33. The fraction of sp³-hybridized carbons (Fsp3) is 0.250. The Morgan fingerprint density at radius 3 is 2.39 bits per heavy atom. The molecule has 0 aromatic carbocycles. The molecule has 4 nitrogen and oxygen atoms in total. The van der Waals surface area contributed by atoms with E-state index in [0.717, 1.165) is 0 Å². The van der Waals surface area contributed by atoms with Crippen molar-refractivity contribution in [3.63, 3.8) is 0 Å². The summed E-state index contributed by atoms with van der Waals surface area (Å²) in [7, 11) is 0. The number of carboxylic acids is 1. The number of alkyl halides is 5. The summed E-state index contributed by atoms with van der Waals surface area (Å²) >= 11 is 1.33. The Hall–Kier alpha value is -1.20. The molecule has 1 N–H and O–H groups in total. The monoisotopic (exact) mass is 383 g/mol. The van der Waals surface area contributed by atoms with Crippen LogP contribution in [0.3, 0.4) is 0 Å². The lowest BCUT2D eigenvalue weighted by Crippen LogP contribution is -2.19. The Balaban J connectivity index is 3.35. The van der Waals surface area contributed by atoms with Gasteiger partial charge in [-0.15, -0.1) is 13.2 Å². The molecule has 0 aliphatic rings. The van der Waals surface area contributed by atoms with Gasteiger partial charge in [-0.1, -0.05) is 0 Å². The zero-order valence-electron chi connectivity index (χ0n) is 8.13. The van der Waals surface area contributed by atoms with Crippen molar-refractivity contribution in [3.05, 3.63) is 21.0 Å².